The molecule has 0 fully saturated rings. The Hall–Kier alpha value is -3.36. The van der Waals surface area contributed by atoms with E-state index in [9.17, 15) is 23.2 Å². The van der Waals surface area contributed by atoms with E-state index in [0.29, 0.717) is 18.1 Å². The van der Waals surface area contributed by atoms with Crippen LogP contribution in [-0.4, -0.2) is 20.0 Å². The van der Waals surface area contributed by atoms with Crippen molar-refractivity contribution in [3.05, 3.63) is 68.0 Å². The number of nitrogens with zero attached hydrogens (tertiary/aromatic N) is 3. The van der Waals surface area contributed by atoms with Crippen LogP contribution < -0.4 is 16.6 Å². The van der Waals surface area contributed by atoms with Crippen molar-refractivity contribution in [1.82, 2.24) is 14.1 Å². The molecule has 2 heterocycles. The van der Waals surface area contributed by atoms with Gasteiger partial charge in [0.15, 0.2) is 5.65 Å². The van der Waals surface area contributed by atoms with Gasteiger partial charge in [-0.15, -0.1) is 0 Å². The lowest BCUT2D eigenvalue weighted by Crippen LogP contribution is -2.38. The second-order valence-corrected chi connectivity index (χ2v) is 5.99. The van der Waals surface area contributed by atoms with Crippen LogP contribution in [0.1, 0.15) is 22.8 Å². The van der Waals surface area contributed by atoms with Gasteiger partial charge in [0.25, 0.3) is 11.5 Å². The monoisotopic (exact) mass is 374 g/mol. The lowest BCUT2D eigenvalue weighted by atomic mass is 10.1. The van der Waals surface area contributed by atoms with E-state index >= 15 is 0 Å². The summed E-state index contributed by atoms with van der Waals surface area (Å²) in [6.45, 7) is 1.80. The molecule has 9 heteroatoms. The Balaban J connectivity index is 2.25. The molecule has 0 saturated heterocycles. The minimum atomic E-state index is -1.02. The molecule has 0 atom stereocenters. The number of nitrogens with one attached hydrogen (secondary N) is 1. The predicted octanol–water partition coefficient (Wildman–Crippen LogP) is 1.73. The van der Waals surface area contributed by atoms with Crippen LogP contribution in [-0.2, 0) is 20.5 Å². The highest BCUT2D eigenvalue weighted by Gasteiger charge is 2.20. The Bertz CT molecular complexity index is 1200. The Morgan fingerprint density at radius 3 is 2.52 bits per heavy atom. The largest absolute Gasteiger partial charge is 0.332 e. The van der Waals surface area contributed by atoms with Gasteiger partial charge in [0.1, 0.15) is 17.0 Å². The third-order valence-electron chi connectivity index (χ3n) is 4.34. The highest BCUT2D eigenvalue weighted by molar-refractivity contribution is 6.09. The Morgan fingerprint density at radius 1 is 1.19 bits per heavy atom. The third-order valence-corrected chi connectivity index (χ3v) is 4.34. The number of anilines is 1. The average molecular weight is 374 g/mol. The van der Waals surface area contributed by atoms with Gasteiger partial charge in [-0.25, -0.2) is 18.6 Å². The van der Waals surface area contributed by atoms with Crippen molar-refractivity contribution in [3.8, 4) is 0 Å². The molecule has 0 saturated carbocycles. The first-order valence-electron chi connectivity index (χ1n) is 8.10. The standard InChI is InChI=1S/C18H16F2N4O3/c1-4-9-8-21-15-13(17(26)24(3)18(27)23(15)2)14(9)22-16(25)11-6-5-10(19)7-12(11)20/h5-8H,4H2,1-3H3,(H,21,22,25). The first-order chi connectivity index (χ1) is 12.8. The molecule has 3 aromatic rings. The first-order valence-corrected chi connectivity index (χ1v) is 8.10. The summed E-state index contributed by atoms with van der Waals surface area (Å²) in [4.78, 5) is 41.5. The van der Waals surface area contributed by atoms with Crippen molar-refractivity contribution in [2.45, 2.75) is 13.3 Å². The van der Waals surface area contributed by atoms with E-state index in [-0.39, 0.29) is 22.3 Å². The smallest absolute Gasteiger partial charge is 0.321 e. The Kier molecular flexibility index (Phi) is 4.61. The summed E-state index contributed by atoms with van der Waals surface area (Å²) in [5.74, 6) is -2.67. The number of aromatic nitrogens is 3. The van der Waals surface area contributed by atoms with E-state index in [1.807, 2.05) is 0 Å². The number of carbonyl (C=O) groups is 1. The fourth-order valence-corrected chi connectivity index (χ4v) is 2.83. The van der Waals surface area contributed by atoms with Crippen molar-refractivity contribution in [2.24, 2.45) is 14.1 Å². The van der Waals surface area contributed by atoms with Gasteiger partial charge < -0.3 is 5.32 Å². The van der Waals surface area contributed by atoms with Gasteiger partial charge in [-0.3, -0.25) is 18.7 Å². The maximum atomic E-state index is 13.9. The molecule has 0 aliphatic heterocycles. The zero-order chi connectivity index (χ0) is 19.9. The van der Waals surface area contributed by atoms with Crippen molar-refractivity contribution in [2.75, 3.05) is 5.32 Å². The molecule has 3 rings (SSSR count). The summed E-state index contributed by atoms with van der Waals surface area (Å²) >= 11 is 0. The van der Waals surface area contributed by atoms with Crippen molar-refractivity contribution < 1.29 is 13.6 Å². The van der Waals surface area contributed by atoms with Gasteiger partial charge in [0.05, 0.1) is 11.3 Å². The quantitative estimate of drug-likeness (QED) is 0.757. The number of benzene rings is 1. The molecule has 1 amide bonds. The molecule has 0 unspecified atom stereocenters. The van der Waals surface area contributed by atoms with Crippen molar-refractivity contribution in [3.63, 3.8) is 0 Å². The Labute approximate surface area is 151 Å². The van der Waals surface area contributed by atoms with E-state index in [0.717, 1.165) is 16.7 Å². The number of halogens is 2. The molecule has 7 nitrogen and oxygen atoms in total. The van der Waals surface area contributed by atoms with E-state index in [2.05, 4.69) is 10.3 Å². The summed E-state index contributed by atoms with van der Waals surface area (Å²) in [5, 5.41) is 2.56. The van der Waals surface area contributed by atoms with E-state index in [1.54, 1.807) is 6.92 Å². The maximum Gasteiger partial charge on any atom is 0.332 e. The molecule has 0 bridgehead atoms. The van der Waals surface area contributed by atoms with Gasteiger partial charge in [0, 0.05) is 26.4 Å². The summed E-state index contributed by atoms with van der Waals surface area (Å²) in [6.07, 6.45) is 1.87. The zero-order valence-corrected chi connectivity index (χ0v) is 14.8. The number of fused-ring (bicyclic) bond motifs is 1. The average Bonchev–Trinajstić information content (AvgIpc) is 2.64. The van der Waals surface area contributed by atoms with Crippen LogP contribution in [0.4, 0.5) is 14.5 Å². The summed E-state index contributed by atoms with van der Waals surface area (Å²) < 4.78 is 29.1. The molecule has 1 N–H and O–H groups in total. The molecule has 140 valence electrons. The van der Waals surface area contributed by atoms with Crippen LogP contribution in [0.3, 0.4) is 0 Å². The summed E-state index contributed by atoms with van der Waals surface area (Å²) in [6, 6.07) is 2.58. The van der Waals surface area contributed by atoms with Crippen LogP contribution in [0.2, 0.25) is 0 Å². The molecule has 0 aliphatic rings. The summed E-state index contributed by atoms with van der Waals surface area (Å²) in [7, 11) is 2.77. The van der Waals surface area contributed by atoms with Crippen LogP contribution in [0.5, 0.6) is 0 Å². The minimum absolute atomic E-state index is 0.0369. The van der Waals surface area contributed by atoms with Gasteiger partial charge in [-0.2, -0.15) is 0 Å². The predicted molar refractivity (Wildman–Crippen MR) is 95.9 cm³/mol. The van der Waals surface area contributed by atoms with Crippen LogP contribution >= 0.6 is 0 Å². The van der Waals surface area contributed by atoms with E-state index < -0.39 is 28.8 Å². The topological polar surface area (TPSA) is 86.0 Å². The van der Waals surface area contributed by atoms with Crippen molar-refractivity contribution in [1.29, 1.82) is 0 Å². The number of aryl methyl sites for hydroxylation is 2. The fourth-order valence-electron chi connectivity index (χ4n) is 2.83. The third kappa shape index (κ3) is 3.01. The number of carbonyl (C=O) groups excluding carboxylic acids is 1. The van der Waals surface area contributed by atoms with Gasteiger partial charge in [-0.1, -0.05) is 6.92 Å². The zero-order valence-electron chi connectivity index (χ0n) is 14.8. The molecule has 0 spiro atoms. The maximum absolute atomic E-state index is 13.9. The number of amides is 1. The molecule has 1 aromatic carbocycles. The molecule has 0 aliphatic carbocycles. The second-order valence-electron chi connectivity index (χ2n) is 5.99. The Morgan fingerprint density at radius 2 is 1.89 bits per heavy atom. The van der Waals surface area contributed by atoms with Gasteiger partial charge in [0.2, 0.25) is 0 Å². The number of hydrogen-bond acceptors (Lipinski definition) is 4. The van der Waals surface area contributed by atoms with E-state index in [4.69, 9.17) is 0 Å². The highest BCUT2D eigenvalue weighted by Crippen LogP contribution is 2.24. The number of pyridine rings is 1. The fraction of sp³-hybridized carbons (Fsp3) is 0.222. The van der Waals surface area contributed by atoms with Gasteiger partial charge >= 0.3 is 5.69 Å². The normalized spacial score (nSPS) is 11.0. The lowest BCUT2D eigenvalue weighted by Gasteiger charge is -2.15. The van der Waals surface area contributed by atoms with Crippen LogP contribution in [0, 0.1) is 11.6 Å². The minimum Gasteiger partial charge on any atom is -0.321 e. The van der Waals surface area contributed by atoms with Crippen LogP contribution in [0.25, 0.3) is 11.0 Å². The molecule has 2 aromatic heterocycles. The highest BCUT2D eigenvalue weighted by atomic mass is 19.1. The van der Waals surface area contributed by atoms with Crippen LogP contribution in [0.15, 0.2) is 34.0 Å². The molecular weight excluding hydrogens is 358 g/mol. The molecular formula is C18H16F2N4O3. The SMILES string of the molecule is CCc1cnc2c(c1NC(=O)c1ccc(F)cc1F)c(=O)n(C)c(=O)n2C. The molecule has 0 radical (unpaired) electrons. The van der Waals surface area contributed by atoms with Crippen molar-refractivity contribution >= 4 is 22.6 Å². The van der Waals surface area contributed by atoms with Gasteiger partial charge in [-0.05, 0) is 24.1 Å². The second kappa shape index (κ2) is 6.75. The number of hydrogen-bond donors (Lipinski definition) is 1. The molecule has 27 heavy (non-hydrogen) atoms. The number of rotatable bonds is 3. The first kappa shape index (κ1) is 18.4. The van der Waals surface area contributed by atoms with E-state index in [1.165, 1.54) is 24.9 Å². The lowest BCUT2D eigenvalue weighted by molar-refractivity contribution is 0.102. The summed E-state index contributed by atoms with van der Waals surface area (Å²) in [5.41, 5.74) is -0.793.